The molecule has 1 fully saturated rings. The molecule has 1 heterocycles. The van der Waals surface area contributed by atoms with Crippen LogP contribution in [0.5, 0.6) is 0 Å². The molecule has 0 radical (unpaired) electrons. The Kier molecular flexibility index (Phi) is 6.30. The molecule has 138 valence electrons. The van der Waals surface area contributed by atoms with Crippen LogP contribution in [0, 0.1) is 12.7 Å². The Hall–Kier alpha value is -1.05. The number of rotatable bonds is 4. The van der Waals surface area contributed by atoms with E-state index in [1.165, 1.54) is 30.5 Å². The molecule has 0 atom stereocenters. The van der Waals surface area contributed by atoms with Crippen molar-refractivity contribution in [1.82, 2.24) is 10.3 Å². The minimum Gasteiger partial charge on any atom is -0.362 e. The van der Waals surface area contributed by atoms with Gasteiger partial charge in [-0.25, -0.2) is 9.37 Å². The second kappa shape index (κ2) is 8.31. The molecule has 1 aliphatic rings. The maximum Gasteiger partial charge on any atom is 0.172 e. The zero-order valence-corrected chi connectivity index (χ0v) is 18.4. The van der Waals surface area contributed by atoms with Gasteiger partial charge in [0.1, 0.15) is 11.6 Å². The van der Waals surface area contributed by atoms with Gasteiger partial charge in [-0.15, -0.1) is 0 Å². The summed E-state index contributed by atoms with van der Waals surface area (Å²) in [5, 5.41) is 7.04. The Morgan fingerprint density at radius 1 is 1.23 bits per heavy atom. The lowest BCUT2D eigenvalue weighted by atomic mass is 9.79. The zero-order chi connectivity index (χ0) is 18.7. The molecule has 3 nitrogen and oxygen atoms in total. The van der Waals surface area contributed by atoms with Crippen molar-refractivity contribution >= 4 is 55.0 Å². The van der Waals surface area contributed by atoms with Crippen molar-refractivity contribution in [3.05, 3.63) is 56.4 Å². The second-order valence-electron chi connectivity index (χ2n) is 6.70. The van der Waals surface area contributed by atoms with E-state index in [4.69, 9.17) is 12.2 Å². The first-order valence-electron chi connectivity index (χ1n) is 8.53. The summed E-state index contributed by atoms with van der Waals surface area (Å²) < 4.78 is 15.1. The molecular weight excluding hydrogens is 481 g/mol. The third-order valence-corrected chi connectivity index (χ3v) is 7.06. The largest absolute Gasteiger partial charge is 0.362 e. The molecule has 0 bridgehead atoms. The van der Waals surface area contributed by atoms with Crippen molar-refractivity contribution in [3.63, 3.8) is 0 Å². The number of anilines is 1. The number of aromatic nitrogens is 1. The number of hydrogen-bond acceptors (Lipinski definition) is 2. The quantitative estimate of drug-likeness (QED) is 0.516. The first-order valence-corrected chi connectivity index (χ1v) is 10.5. The molecule has 2 N–H and O–H groups in total. The van der Waals surface area contributed by atoms with Crippen molar-refractivity contribution in [2.24, 2.45) is 0 Å². The van der Waals surface area contributed by atoms with Gasteiger partial charge < -0.3 is 10.6 Å². The van der Waals surface area contributed by atoms with E-state index in [0.717, 1.165) is 33.9 Å². The van der Waals surface area contributed by atoms with Gasteiger partial charge in [-0.1, -0.05) is 25.0 Å². The zero-order valence-electron chi connectivity index (χ0n) is 14.4. The number of nitrogens with one attached hydrogen (secondary N) is 2. The lowest BCUT2D eigenvalue weighted by molar-refractivity contribution is 0.434. The Morgan fingerprint density at radius 3 is 2.54 bits per heavy atom. The van der Waals surface area contributed by atoms with Gasteiger partial charge in [0.2, 0.25) is 0 Å². The molecule has 3 rings (SSSR count). The van der Waals surface area contributed by atoms with E-state index in [9.17, 15) is 4.39 Å². The summed E-state index contributed by atoms with van der Waals surface area (Å²) in [5.74, 6) is 0.485. The highest BCUT2D eigenvalue weighted by Gasteiger charge is 2.35. The molecule has 0 spiro atoms. The van der Waals surface area contributed by atoms with Gasteiger partial charge in [0.15, 0.2) is 5.11 Å². The van der Waals surface area contributed by atoms with Crippen molar-refractivity contribution in [3.8, 4) is 0 Å². The van der Waals surface area contributed by atoms with E-state index in [-0.39, 0.29) is 11.2 Å². The molecule has 26 heavy (non-hydrogen) atoms. The third-order valence-electron chi connectivity index (χ3n) is 5.04. The van der Waals surface area contributed by atoms with Crippen LogP contribution in [-0.2, 0) is 5.41 Å². The monoisotopic (exact) mass is 499 g/mol. The lowest BCUT2D eigenvalue weighted by Gasteiger charge is -2.30. The van der Waals surface area contributed by atoms with Crippen LogP contribution in [0.2, 0.25) is 0 Å². The van der Waals surface area contributed by atoms with E-state index in [1.54, 1.807) is 6.20 Å². The highest BCUT2D eigenvalue weighted by Crippen LogP contribution is 2.40. The fourth-order valence-corrected chi connectivity index (χ4v) is 4.62. The highest BCUT2D eigenvalue weighted by molar-refractivity contribution is 9.11. The molecule has 0 unspecified atom stereocenters. The predicted octanol–water partition coefficient (Wildman–Crippen LogP) is 5.85. The first kappa shape index (κ1) is 19.7. The predicted molar refractivity (Wildman–Crippen MR) is 115 cm³/mol. The van der Waals surface area contributed by atoms with Gasteiger partial charge in [0.25, 0.3) is 0 Å². The fraction of sp³-hybridized carbons (Fsp3) is 0.368. The first-order chi connectivity index (χ1) is 12.4. The lowest BCUT2D eigenvalue weighted by Crippen LogP contribution is -2.41. The highest BCUT2D eigenvalue weighted by atomic mass is 79.9. The molecular formula is C19H20Br2FN3S. The smallest absolute Gasteiger partial charge is 0.172 e. The van der Waals surface area contributed by atoms with Crippen molar-refractivity contribution in [2.75, 3.05) is 11.9 Å². The van der Waals surface area contributed by atoms with E-state index >= 15 is 0 Å². The molecule has 1 aliphatic carbocycles. The molecule has 7 heteroatoms. The van der Waals surface area contributed by atoms with Gasteiger partial charge in [0, 0.05) is 22.6 Å². The van der Waals surface area contributed by atoms with Crippen molar-refractivity contribution < 1.29 is 4.39 Å². The number of nitrogens with zero attached hydrogens (tertiary/aromatic N) is 1. The molecule has 2 aromatic rings. The summed E-state index contributed by atoms with van der Waals surface area (Å²) in [5.41, 5.74) is 2.23. The van der Waals surface area contributed by atoms with Crippen LogP contribution in [0.25, 0.3) is 0 Å². The van der Waals surface area contributed by atoms with E-state index < -0.39 is 0 Å². The van der Waals surface area contributed by atoms with Crippen LogP contribution >= 0.6 is 44.1 Å². The van der Waals surface area contributed by atoms with Crippen LogP contribution < -0.4 is 10.6 Å². The maximum atomic E-state index is 13.3. The molecule has 1 aromatic heterocycles. The average Bonchev–Trinajstić information content (AvgIpc) is 3.11. The van der Waals surface area contributed by atoms with E-state index in [2.05, 4.69) is 47.5 Å². The summed E-state index contributed by atoms with van der Waals surface area (Å²) in [4.78, 5) is 4.37. The standard InChI is InChI=1S/C19H20Br2FN3S/c1-12-15(20)10-23-17(16(12)21)25-18(26)24-11-19(8-2-3-9-19)13-4-6-14(22)7-5-13/h4-7,10H,2-3,8-9,11H2,1H3,(H2,23,24,25,26). The Morgan fingerprint density at radius 2 is 1.88 bits per heavy atom. The number of halogens is 3. The van der Waals surface area contributed by atoms with Crippen molar-refractivity contribution in [1.29, 1.82) is 0 Å². The van der Waals surface area contributed by atoms with Crippen LogP contribution in [0.4, 0.5) is 10.2 Å². The summed E-state index contributed by atoms with van der Waals surface area (Å²) >= 11 is 12.5. The van der Waals surface area contributed by atoms with Gasteiger partial charge in [-0.3, -0.25) is 0 Å². The van der Waals surface area contributed by atoms with Gasteiger partial charge >= 0.3 is 0 Å². The van der Waals surface area contributed by atoms with Crippen LogP contribution in [0.3, 0.4) is 0 Å². The van der Waals surface area contributed by atoms with Crippen LogP contribution in [-0.4, -0.2) is 16.6 Å². The Bertz CT molecular complexity index is 805. The maximum absolute atomic E-state index is 13.3. The molecule has 0 amide bonds. The molecule has 1 saturated carbocycles. The second-order valence-corrected chi connectivity index (χ2v) is 8.75. The molecule has 0 saturated heterocycles. The average molecular weight is 501 g/mol. The molecule has 0 aliphatic heterocycles. The van der Waals surface area contributed by atoms with Crippen molar-refractivity contribution in [2.45, 2.75) is 38.0 Å². The topological polar surface area (TPSA) is 37.0 Å². The summed E-state index contributed by atoms with van der Waals surface area (Å²) in [6.07, 6.45) is 6.26. The summed E-state index contributed by atoms with van der Waals surface area (Å²) in [6, 6.07) is 6.87. The van der Waals surface area contributed by atoms with Crippen LogP contribution in [0.1, 0.15) is 36.8 Å². The Balaban J connectivity index is 1.69. The number of benzene rings is 1. The normalized spacial score (nSPS) is 15.7. The SMILES string of the molecule is Cc1c(Br)cnc(NC(=S)NCC2(c3ccc(F)cc3)CCCC2)c1Br. The number of thiocarbonyl (C=S) groups is 1. The van der Waals surface area contributed by atoms with Gasteiger partial charge in [0.05, 0.1) is 4.47 Å². The molecule has 1 aromatic carbocycles. The van der Waals surface area contributed by atoms with E-state index in [1.807, 2.05) is 19.1 Å². The van der Waals surface area contributed by atoms with Gasteiger partial charge in [-0.2, -0.15) is 0 Å². The van der Waals surface area contributed by atoms with E-state index in [0.29, 0.717) is 10.9 Å². The van der Waals surface area contributed by atoms with Gasteiger partial charge in [-0.05, 0) is 87.1 Å². The minimum atomic E-state index is -0.200. The number of hydrogen-bond donors (Lipinski definition) is 2. The number of pyridine rings is 1. The minimum absolute atomic E-state index is 0.000264. The summed E-state index contributed by atoms with van der Waals surface area (Å²) in [6.45, 7) is 2.72. The Labute approximate surface area is 175 Å². The third kappa shape index (κ3) is 4.26. The van der Waals surface area contributed by atoms with Crippen LogP contribution in [0.15, 0.2) is 39.4 Å². The summed E-state index contributed by atoms with van der Waals surface area (Å²) in [7, 11) is 0. The fourth-order valence-electron chi connectivity index (χ4n) is 3.47.